The molecule has 1 atom stereocenters. The number of hydrogen-bond acceptors (Lipinski definition) is 4. The van der Waals surface area contributed by atoms with Gasteiger partial charge in [0.15, 0.2) is 0 Å². The molecule has 0 saturated carbocycles. The molecule has 2 aromatic heterocycles. The molecule has 2 aromatic rings. The smallest absolute Gasteiger partial charge is 0.270 e. The van der Waals surface area contributed by atoms with Crippen LogP contribution in [0.2, 0.25) is 0 Å². The Bertz CT molecular complexity index is 700. The van der Waals surface area contributed by atoms with Crippen molar-refractivity contribution in [3.05, 3.63) is 48.4 Å². The van der Waals surface area contributed by atoms with Crippen molar-refractivity contribution >= 4 is 11.7 Å². The third kappa shape index (κ3) is 3.43. The molecule has 0 radical (unpaired) electrons. The van der Waals surface area contributed by atoms with E-state index in [-0.39, 0.29) is 5.91 Å². The van der Waals surface area contributed by atoms with Crippen LogP contribution in [0.15, 0.2) is 42.7 Å². The van der Waals surface area contributed by atoms with Crippen LogP contribution in [-0.4, -0.2) is 57.7 Å². The summed E-state index contributed by atoms with van der Waals surface area (Å²) in [6.45, 7) is 1.66. The SMILES string of the molecule is CN(C[C@@]1(O)CCCN(c2ccccn2)C1)C(=O)c1cccn1C. The molecule has 0 aliphatic carbocycles. The minimum Gasteiger partial charge on any atom is -0.386 e. The van der Waals surface area contributed by atoms with Crippen LogP contribution in [0, 0.1) is 0 Å². The van der Waals surface area contributed by atoms with E-state index in [1.165, 1.54) is 0 Å². The minimum absolute atomic E-state index is 0.0779. The highest BCUT2D eigenvalue weighted by Crippen LogP contribution is 2.25. The van der Waals surface area contributed by atoms with E-state index in [9.17, 15) is 9.90 Å². The number of carbonyl (C=O) groups is 1. The number of likely N-dealkylation sites (N-methyl/N-ethyl adjacent to an activating group) is 1. The highest BCUT2D eigenvalue weighted by Gasteiger charge is 2.36. The highest BCUT2D eigenvalue weighted by molar-refractivity contribution is 5.92. The Balaban J connectivity index is 1.69. The molecule has 1 amide bonds. The Morgan fingerprint density at radius 1 is 1.38 bits per heavy atom. The first-order valence-electron chi connectivity index (χ1n) is 8.24. The van der Waals surface area contributed by atoms with Gasteiger partial charge in [0.1, 0.15) is 11.5 Å². The normalized spacial score (nSPS) is 20.9. The lowest BCUT2D eigenvalue weighted by molar-refractivity contribution is -0.000370. The molecule has 1 fully saturated rings. The van der Waals surface area contributed by atoms with Gasteiger partial charge in [-0.3, -0.25) is 4.79 Å². The van der Waals surface area contributed by atoms with Crippen LogP contribution in [0.25, 0.3) is 0 Å². The number of piperidine rings is 1. The summed E-state index contributed by atoms with van der Waals surface area (Å²) in [7, 11) is 3.59. The summed E-state index contributed by atoms with van der Waals surface area (Å²) in [5, 5.41) is 11.0. The number of rotatable bonds is 4. The van der Waals surface area contributed by atoms with Crippen molar-refractivity contribution < 1.29 is 9.90 Å². The molecule has 1 aliphatic rings. The average molecular weight is 328 g/mol. The van der Waals surface area contributed by atoms with Gasteiger partial charge >= 0.3 is 0 Å². The van der Waals surface area contributed by atoms with Crippen LogP contribution in [0.5, 0.6) is 0 Å². The lowest BCUT2D eigenvalue weighted by atomic mass is 9.92. The van der Waals surface area contributed by atoms with Crippen molar-refractivity contribution in [2.24, 2.45) is 7.05 Å². The maximum absolute atomic E-state index is 12.6. The number of nitrogens with zero attached hydrogens (tertiary/aromatic N) is 4. The van der Waals surface area contributed by atoms with Crippen molar-refractivity contribution in [2.45, 2.75) is 18.4 Å². The zero-order valence-electron chi connectivity index (χ0n) is 14.2. The number of amides is 1. The standard InChI is InChI=1S/C18H24N4O2/c1-20-11-5-7-15(20)17(23)21(2)13-18(24)9-6-12-22(14-18)16-8-3-4-10-19-16/h3-5,7-8,10-11,24H,6,9,12-14H2,1-2H3/t18-/m0/s1. The molecule has 0 spiro atoms. The molecule has 0 unspecified atom stereocenters. The summed E-state index contributed by atoms with van der Waals surface area (Å²) >= 11 is 0. The van der Waals surface area contributed by atoms with Gasteiger partial charge in [0.05, 0.1) is 12.1 Å². The average Bonchev–Trinajstić information content (AvgIpc) is 3.00. The Kier molecular flexibility index (Phi) is 4.57. The number of aliphatic hydroxyl groups is 1. The van der Waals surface area contributed by atoms with E-state index in [1.807, 2.05) is 37.5 Å². The first-order chi connectivity index (χ1) is 11.5. The van der Waals surface area contributed by atoms with Crippen molar-refractivity contribution in [1.82, 2.24) is 14.5 Å². The van der Waals surface area contributed by atoms with Crippen molar-refractivity contribution in [2.75, 3.05) is 31.6 Å². The monoisotopic (exact) mass is 328 g/mol. The molecule has 3 rings (SSSR count). The maximum atomic E-state index is 12.6. The molecular weight excluding hydrogens is 304 g/mol. The predicted molar refractivity (Wildman–Crippen MR) is 93.0 cm³/mol. The maximum Gasteiger partial charge on any atom is 0.270 e. The van der Waals surface area contributed by atoms with Gasteiger partial charge in [0.2, 0.25) is 0 Å². The molecule has 3 heterocycles. The van der Waals surface area contributed by atoms with Crippen molar-refractivity contribution in [3.8, 4) is 0 Å². The fourth-order valence-electron chi connectivity index (χ4n) is 3.37. The summed E-state index contributed by atoms with van der Waals surface area (Å²) in [6, 6.07) is 9.42. The summed E-state index contributed by atoms with van der Waals surface area (Å²) in [5.74, 6) is 0.790. The first-order valence-corrected chi connectivity index (χ1v) is 8.24. The largest absolute Gasteiger partial charge is 0.386 e. The second-order valence-electron chi connectivity index (χ2n) is 6.60. The summed E-state index contributed by atoms with van der Waals surface area (Å²) < 4.78 is 1.80. The molecule has 1 aliphatic heterocycles. The van der Waals surface area contributed by atoms with Crippen molar-refractivity contribution in [3.63, 3.8) is 0 Å². The van der Waals surface area contributed by atoms with Gasteiger partial charge in [-0.05, 0) is 37.1 Å². The molecule has 0 bridgehead atoms. The molecule has 6 heteroatoms. The van der Waals surface area contributed by atoms with Gasteiger partial charge in [-0.2, -0.15) is 0 Å². The number of hydrogen-bond donors (Lipinski definition) is 1. The van der Waals surface area contributed by atoms with Crippen LogP contribution in [-0.2, 0) is 7.05 Å². The van der Waals surface area contributed by atoms with E-state index in [1.54, 1.807) is 28.8 Å². The summed E-state index contributed by atoms with van der Waals surface area (Å²) in [5.41, 5.74) is -0.302. The zero-order chi connectivity index (χ0) is 17.2. The Morgan fingerprint density at radius 2 is 2.21 bits per heavy atom. The lowest BCUT2D eigenvalue weighted by Gasteiger charge is -2.41. The van der Waals surface area contributed by atoms with Gasteiger partial charge in [0.25, 0.3) is 5.91 Å². The minimum atomic E-state index is -0.925. The number of anilines is 1. The Labute approximate surface area is 142 Å². The Morgan fingerprint density at radius 3 is 2.88 bits per heavy atom. The van der Waals surface area contributed by atoms with Crippen molar-refractivity contribution in [1.29, 1.82) is 0 Å². The highest BCUT2D eigenvalue weighted by atomic mass is 16.3. The van der Waals surface area contributed by atoms with E-state index in [2.05, 4.69) is 9.88 Å². The quantitative estimate of drug-likeness (QED) is 0.924. The van der Waals surface area contributed by atoms with E-state index in [0.29, 0.717) is 25.2 Å². The first kappa shape index (κ1) is 16.5. The van der Waals surface area contributed by atoms with E-state index >= 15 is 0 Å². The number of aromatic nitrogens is 2. The van der Waals surface area contributed by atoms with E-state index < -0.39 is 5.60 Å². The van der Waals surface area contributed by atoms with Crippen LogP contribution in [0.4, 0.5) is 5.82 Å². The fourth-order valence-corrected chi connectivity index (χ4v) is 3.37. The van der Waals surface area contributed by atoms with Gasteiger partial charge in [-0.25, -0.2) is 4.98 Å². The van der Waals surface area contributed by atoms with Gasteiger partial charge in [0, 0.05) is 39.6 Å². The third-order valence-electron chi connectivity index (χ3n) is 4.57. The summed E-state index contributed by atoms with van der Waals surface area (Å²) in [6.07, 6.45) is 5.16. The molecule has 1 N–H and O–H groups in total. The van der Waals surface area contributed by atoms with Gasteiger partial charge < -0.3 is 19.5 Å². The molecular formula is C18H24N4O2. The summed E-state index contributed by atoms with van der Waals surface area (Å²) in [4.78, 5) is 20.6. The fraction of sp³-hybridized carbons (Fsp3) is 0.444. The second-order valence-corrected chi connectivity index (χ2v) is 6.60. The third-order valence-corrected chi connectivity index (χ3v) is 4.57. The zero-order valence-corrected chi connectivity index (χ0v) is 14.2. The number of aryl methyl sites for hydroxylation is 1. The van der Waals surface area contributed by atoms with Crippen LogP contribution >= 0.6 is 0 Å². The topological polar surface area (TPSA) is 61.6 Å². The molecule has 128 valence electrons. The number of pyridine rings is 1. The van der Waals surface area contributed by atoms with E-state index in [0.717, 1.165) is 18.8 Å². The van der Waals surface area contributed by atoms with Gasteiger partial charge in [-0.15, -0.1) is 0 Å². The van der Waals surface area contributed by atoms with Crippen LogP contribution in [0.1, 0.15) is 23.3 Å². The predicted octanol–water partition coefficient (Wildman–Crippen LogP) is 1.52. The van der Waals surface area contributed by atoms with Crippen LogP contribution in [0.3, 0.4) is 0 Å². The Hall–Kier alpha value is -2.34. The molecule has 6 nitrogen and oxygen atoms in total. The van der Waals surface area contributed by atoms with Gasteiger partial charge in [-0.1, -0.05) is 6.07 Å². The van der Waals surface area contributed by atoms with Crippen LogP contribution < -0.4 is 4.90 Å². The van der Waals surface area contributed by atoms with E-state index in [4.69, 9.17) is 0 Å². The lowest BCUT2D eigenvalue weighted by Crippen LogP contribution is -2.55. The number of β-amino-alcohol motifs (C(OH)–C–C–N with tert-alkyl or cyclic N) is 1. The molecule has 24 heavy (non-hydrogen) atoms. The number of carbonyl (C=O) groups excluding carboxylic acids is 1. The second kappa shape index (κ2) is 6.65. The molecule has 1 saturated heterocycles. The molecule has 0 aromatic carbocycles.